The predicted molar refractivity (Wildman–Crippen MR) is 122 cm³/mol. The number of hydrogen-bond acceptors (Lipinski definition) is 2. The summed E-state index contributed by atoms with van der Waals surface area (Å²) in [6.07, 6.45) is -2.66. The fraction of sp³-hybridized carbons (Fsp3) is 0.154. The zero-order valence-electron chi connectivity index (χ0n) is 18.6. The topological polar surface area (TPSA) is 55.1 Å². The Bertz CT molecular complexity index is 1300. The van der Waals surface area contributed by atoms with Gasteiger partial charge in [-0.2, -0.15) is 13.2 Å². The quantitative estimate of drug-likeness (QED) is 0.317. The molecule has 0 spiro atoms. The number of carbonyl (C=O) groups is 1. The maximum atomic E-state index is 14.2. The van der Waals surface area contributed by atoms with Gasteiger partial charge in [0.15, 0.2) is 0 Å². The molecule has 4 nitrogen and oxygen atoms in total. The van der Waals surface area contributed by atoms with Crippen LogP contribution in [0.5, 0.6) is 0 Å². The number of carboxylic acid groups (broad SMARTS) is 1. The van der Waals surface area contributed by atoms with E-state index in [1.165, 1.54) is 17.7 Å². The van der Waals surface area contributed by atoms with Gasteiger partial charge in [0.2, 0.25) is 0 Å². The third kappa shape index (κ3) is 6.53. The van der Waals surface area contributed by atoms with Crippen LogP contribution in [-0.4, -0.2) is 26.8 Å². The van der Waals surface area contributed by atoms with E-state index in [0.29, 0.717) is 24.2 Å². The molecule has 3 aromatic carbocycles. The maximum Gasteiger partial charge on any atom is 0.490 e. The molecule has 182 valence electrons. The third-order valence-corrected chi connectivity index (χ3v) is 5.10. The summed E-state index contributed by atoms with van der Waals surface area (Å²) in [5.41, 5.74) is 5.28. The van der Waals surface area contributed by atoms with Crippen molar-refractivity contribution in [1.29, 1.82) is 0 Å². The lowest BCUT2D eigenvalue weighted by Gasteiger charge is -2.11. The first-order chi connectivity index (χ1) is 16.6. The maximum absolute atomic E-state index is 14.2. The Morgan fingerprint density at radius 1 is 0.943 bits per heavy atom. The van der Waals surface area contributed by atoms with Crippen molar-refractivity contribution in [3.63, 3.8) is 0 Å². The van der Waals surface area contributed by atoms with Crippen LogP contribution in [0, 0.1) is 11.6 Å². The smallest absolute Gasteiger partial charge is 0.475 e. The summed E-state index contributed by atoms with van der Waals surface area (Å²) < 4.78 is 61.3. The average molecular weight is 488 g/mol. The molecule has 9 heteroatoms. The number of halogens is 5. The van der Waals surface area contributed by atoms with Crippen molar-refractivity contribution < 1.29 is 31.9 Å². The molecule has 0 fully saturated rings. The summed E-state index contributed by atoms with van der Waals surface area (Å²) in [4.78, 5) is 13.3. The van der Waals surface area contributed by atoms with Crippen LogP contribution < -0.4 is 0 Å². The van der Waals surface area contributed by atoms with Crippen molar-refractivity contribution in [3.8, 4) is 22.4 Å². The van der Waals surface area contributed by atoms with Crippen LogP contribution >= 0.6 is 0 Å². The molecule has 0 aliphatic carbocycles. The molecule has 4 aromatic rings. The molecular formula is C26H21F5N2O2. The Kier molecular flexibility index (Phi) is 8.01. The van der Waals surface area contributed by atoms with Crippen molar-refractivity contribution in [2.75, 3.05) is 0 Å². The highest BCUT2D eigenvalue weighted by atomic mass is 19.4. The SMILES string of the molecule is CCc1c(-c2ccc(F)cc2F)ncn1Cc1cccc(-c2ccccc2)c1.O=C(O)C(F)(F)F. The number of benzene rings is 3. The van der Waals surface area contributed by atoms with E-state index in [0.717, 1.165) is 22.9 Å². The van der Waals surface area contributed by atoms with Crippen molar-refractivity contribution in [2.45, 2.75) is 26.1 Å². The van der Waals surface area contributed by atoms with Gasteiger partial charge in [-0.05, 0) is 41.3 Å². The van der Waals surface area contributed by atoms with Crippen molar-refractivity contribution in [2.24, 2.45) is 0 Å². The fourth-order valence-electron chi connectivity index (χ4n) is 3.50. The molecule has 0 aliphatic rings. The summed E-state index contributed by atoms with van der Waals surface area (Å²) in [6, 6.07) is 22.2. The van der Waals surface area contributed by atoms with Crippen LogP contribution in [0.25, 0.3) is 22.4 Å². The second-order valence-corrected chi connectivity index (χ2v) is 7.51. The summed E-state index contributed by atoms with van der Waals surface area (Å²) in [5.74, 6) is -3.94. The van der Waals surface area contributed by atoms with Gasteiger partial charge >= 0.3 is 12.1 Å². The molecule has 1 heterocycles. The Balaban J connectivity index is 0.000000429. The van der Waals surface area contributed by atoms with Gasteiger partial charge in [0.1, 0.15) is 11.6 Å². The number of rotatable bonds is 5. The van der Waals surface area contributed by atoms with Crippen LogP contribution in [0.1, 0.15) is 18.2 Å². The van der Waals surface area contributed by atoms with Crippen LogP contribution in [0.3, 0.4) is 0 Å². The average Bonchev–Trinajstić information content (AvgIpc) is 3.21. The lowest BCUT2D eigenvalue weighted by molar-refractivity contribution is -0.192. The molecule has 0 unspecified atom stereocenters. The predicted octanol–water partition coefficient (Wildman–Crippen LogP) is 6.74. The molecule has 4 rings (SSSR count). The number of aliphatic carboxylic acids is 1. The van der Waals surface area contributed by atoms with Gasteiger partial charge < -0.3 is 9.67 Å². The second kappa shape index (κ2) is 10.9. The number of imidazole rings is 1. The Morgan fingerprint density at radius 2 is 1.60 bits per heavy atom. The van der Waals surface area contributed by atoms with Gasteiger partial charge in [0.05, 0.1) is 12.0 Å². The zero-order chi connectivity index (χ0) is 25.6. The minimum Gasteiger partial charge on any atom is -0.475 e. The van der Waals surface area contributed by atoms with Crippen LogP contribution in [0.15, 0.2) is 79.1 Å². The summed E-state index contributed by atoms with van der Waals surface area (Å²) in [5, 5.41) is 7.12. The van der Waals surface area contributed by atoms with E-state index in [9.17, 15) is 22.0 Å². The van der Waals surface area contributed by atoms with Gasteiger partial charge in [-0.15, -0.1) is 0 Å². The Morgan fingerprint density at radius 3 is 2.20 bits per heavy atom. The molecule has 1 aromatic heterocycles. The minimum atomic E-state index is -5.08. The monoisotopic (exact) mass is 488 g/mol. The molecule has 0 atom stereocenters. The van der Waals surface area contributed by atoms with E-state index < -0.39 is 23.8 Å². The van der Waals surface area contributed by atoms with E-state index in [2.05, 4.69) is 35.3 Å². The summed E-state index contributed by atoms with van der Waals surface area (Å²) >= 11 is 0. The van der Waals surface area contributed by atoms with Gasteiger partial charge in [-0.25, -0.2) is 18.6 Å². The lowest BCUT2D eigenvalue weighted by atomic mass is 10.0. The molecule has 0 saturated carbocycles. The van der Waals surface area contributed by atoms with E-state index in [-0.39, 0.29) is 0 Å². The largest absolute Gasteiger partial charge is 0.490 e. The van der Waals surface area contributed by atoms with Gasteiger partial charge in [0, 0.05) is 23.9 Å². The van der Waals surface area contributed by atoms with Crippen molar-refractivity contribution >= 4 is 5.97 Å². The third-order valence-electron chi connectivity index (χ3n) is 5.10. The van der Waals surface area contributed by atoms with Gasteiger partial charge in [-0.3, -0.25) is 0 Å². The molecule has 0 bridgehead atoms. The van der Waals surface area contributed by atoms with Crippen LogP contribution in [0.2, 0.25) is 0 Å². The molecular weight excluding hydrogens is 467 g/mol. The summed E-state index contributed by atoms with van der Waals surface area (Å²) in [6.45, 7) is 2.65. The summed E-state index contributed by atoms with van der Waals surface area (Å²) in [7, 11) is 0. The highest BCUT2D eigenvalue weighted by Gasteiger charge is 2.38. The first-order valence-corrected chi connectivity index (χ1v) is 10.5. The van der Waals surface area contributed by atoms with E-state index in [1.54, 1.807) is 6.33 Å². The number of hydrogen-bond donors (Lipinski definition) is 1. The first kappa shape index (κ1) is 25.6. The highest BCUT2D eigenvalue weighted by molar-refractivity contribution is 5.73. The van der Waals surface area contributed by atoms with E-state index in [1.807, 2.05) is 35.8 Å². The zero-order valence-corrected chi connectivity index (χ0v) is 18.6. The Hall–Kier alpha value is -4.01. The number of carboxylic acids is 1. The van der Waals surface area contributed by atoms with Crippen molar-refractivity contribution in [3.05, 3.63) is 102 Å². The number of nitrogens with zero attached hydrogens (tertiary/aromatic N) is 2. The van der Waals surface area contributed by atoms with Gasteiger partial charge in [0.25, 0.3) is 0 Å². The first-order valence-electron chi connectivity index (χ1n) is 10.5. The Labute approximate surface area is 198 Å². The molecule has 0 saturated heterocycles. The standard InChI is InChI=1S/C24H20F2N2.C2HF3O2/c1-2-23-24(21-12-11-20(25)14-22(21)26)27-16-28(23)15-17-7-6-10-19(13-17)18-8-4-3-5-9-18;3-2(4,5)1(6)7/h3-14,16H,2,15H2,1H3;(H,6,7). The molecule has 0 amide bonds. The molecule has 35 heavy (non-hydrogen) atoms. The van der Waals surface area contributed by atoms with Crippen LogP contribution in [-0.2, 0) is 17.8 Å². The number of alkyl halides is 3. The van der Waals surface area contributed by atoms with E-state index >= 15 is 0 Å². The number of aromatic nitrogens is 2. The molecule has 0 aliphatic heterocycles. The fourth-order valence-corrected chi connectivity index (χ4v) is 3.50. The molecule has 1 N–H and O–H groups in total. The highest BCUT2D eigenvalue weighted by Crippen LogP contribution is 2.27. The minimum absolute atomic E-state index is 0.329. The van der Waals surface area contributed by atoms with Crippen molar-refractivity contribution in [1.82, 2.24) is 9.55 Å². The lowest BCUT2D eigenvalue weighted by Crippen LogP contribution is -2.21. The normalized spacial score (nSPS) is 11.0. The van der Waals surface area contributed by atoms with Gasteiger partial charge in [-0.1, -0.05) is 55.5 Å². The second-order valence-electron chi connectivity index (χ2n) is 7.51. The van der Waals surface area contributed by atoms with E-state index in [4.69, 9.17) is 9.90 Å². The molecule has 0 radical (unpaired) electrons. The van der Waals surface area contributed by atoms with Crippen LogP contribution in [0.4, 0.5) is 22.0 Å².